The van der Waals surface area contributed by atoms with Gasteiger partial charge in [-0.25, -0.2) is 9.38 Å². The molecule has 1 atom stereocenters. The number of rotatable bonds is 4. The van der Waals surface area contributed by atoms with Crippen molar-refractivity contribution < 1.29 is 9.13 Å². The highest BCUT2D eigenvalue weighted by Crippen LogP contribution is 2.42. The molecule has 0 radical (unpaired) electrons. The average Bonchev–Trinajstić information content (AvgIpc) is 3.14. The van der Waals surface area contributed by atoms with E-state index in [1.54, 1.807) is 19.2 Å². The van der Waals surface area contributed by atoms with E-state index in [-0.39, 0.29) is 18.2 Å². The topological polar surface area (TPSA) is 63.2 Å². The molecule has 0 aliphatic carbocycles. The van der Waals surface area contributed by atoms with Crippen molar-refractivity contribution in [1.82, 2.24) is 4.90 Å². The first-order valence-electron chi connectivity index (χ1n) is 10.3. The van der Waals surface area contributed by atoms with Crippen LogP contribution in [0.4, 0.5) is 4.39 Å². The number of aliphatic imine (C=N–C) groups is 2. The molecule has 0 fully saturated rings. The molecule has 0 saturated heterocycles. The summed E-state index contributed by atoms with van der Waals surface area (Å²) < 4.78 is 20.0. The lowest BCUT2D eigenvalue weighted by Crippen LogP contribution is -2.46. The third-order valence-electron chi connectivity index (χ3n) is 5.90. The molecule has 2 aliphatic rings. The molecule has 3 aromatic carbocycles. The summed E-state index contributed by atoms with van der Waals surface area (Å²) in [5, 5.41) is 0. The van der Waals surface area contributed by atoms with Crippen LogP contribution in [0.3, 0.4) is 0 Å². The van der Waals surface area contributed by atoms with Crippen LogP contribution < -0.4 is 10.5 Å². The fourth-order valence-corrected chi connectivity index (χ4v) is 4.42. The van der Waals surface area contributed by atoms with Gasteiger partial charge in [-0.1, -0.05) is 48.5 Å². The number of ether oxygens (including phenoxy) is 1. The van der Waals surface area contributed by atoms with Crippen LogP contribution in [0.2, 0.25) is 0 Å². The predicted molar refractivity (Wildman–Crippen MR) is 128 cm³/mol. The molecule has 7 heteroatoms. The summed E-state index contributed by atoms with van der Waals surface area (Å²) in [6.07, 6.45) is 0.930. The maximum Gasteiger partial charge on any atom is 0.198 e. The van der Waals surface area contributed by atoms with Crippen molar-refractivity contribution in [3.63, 3.8) is 0 Å². The molecule has 0 amide bonds. The highest BCUT2D eigenvalue weighted by molar-refractivity contribution is 6.12. The number of hydrogen-bond acceptors (Lipinski definition) is 5. The van der Waals surface area contributed by atoms with Crippen molar-refractivity contribution >= 4 is 24.2 Å². The average molecular weight is 451 g/mol. The third-order valence-corrected chi connectivity index (χ3v) is 5.90. The summed E-state index contributed by atoms with van der Waals surface area (Å²) in [6, 6.07) is 22.6. The molecule has 0 bridgehead atoms. The lowest BCUT2D eigenvalue weighted by molar-refractivity contribution is 0.414. The molecule has 32 heavy (non-hydrogen) atoms. The van der Waals surface area contributed by atoms with Crippen molar-refractivity contribution in [3.05, 3.63) is 89.7 Å². The number of halogens is 2. The van der Waals surface area contributed by atoms with Crippen LogP contribution in [0, 0.1) is 5.82 Å². The number of benzene rings is 3. The minimum Gasteiger partial charge on any atom is -0.497 e. The number of hydrogen-bond donors (Lipinski definition) is 1. The fraction of sp³-hybridized carbons (Fsp3) is 0.200. The molecule has 164 valence electrons. The van der Waals surface area contributed by atoms with Crippen LogP contribution in [-0.4, -0.2) is 36.9 Å². The molecule has 2 aliphatic heterocycles. The zero-order chi connectivity index (χ0) is 21.4. The lowest BCUT2D eigenvalue weighted by atomic mass is 9.81. The molecular weight excluding hydrogens is 427 g/mol. The van der Waals surface area contributed by atoms with E-state index in [9.17, 15) is 4.39 Å². The van der Waals surface area contributed by atoms with Crippen LogP contribution in [0.5, 0.6) is 5.75 Å². The van der Waals surface area contributed by atoms with Gasteiger partial charge in [0.25, 0.3) is 0 Å². The Morgan fingerprint density at radius 2 is 1.78 bits per heavy atom. The summed E-state index contributed by atoms with van der Waals surface area (Å²) in [7, 11) is 1.57. The highest BCUT2D eigenvalue weighted by atomic mass is 35.5. The van der Waals surface area contributed by atoms with Gasteiger partial charge in [-0.2, -0.15) is 0 Å². The molecule has 1 unspecified atom stereocenters. The van der Waals surface area contributed by atoms with Gasteiger partial charge in [-0.15, -0.1) is 12.4 Å². The van der Waals surface area contributed by atoms with E-state index in [0.29, 0.717) is 17.3 Å². The second-order valence-corrected chi connectivity index (χ2v) is 7.68. The van der Waals surface area contributed by atoms with E-state index in [2.05, 4.69) is 0 Å². The Labute approximate surface area is 192 Å². The first-order valence-corrected chi connectivity index (χ1v) is 10.3. The standard InChI is InChI=1S/C25H23FN4O.ClH/c1-31-20-11-12-22(26)21(16-20)17-7-5-10-19(15-17)25(18-8-3-2-4-9-18)23-28-13-6-14-30(23)24(27)29-25;/h2-5,7-12,15-16H,6,13-14H2,1H3,(H2,27,29);1H. The van der Waals surface area contributed by atoms with Crippen molar-refractivity contribution in [2.24, 2.45) is 15.7 Å². The van der Waals surface area contributed by atoms with Crippen LogP contribution >= 0.6 is 12.4 Å². The molecule has 2 heterocycles. The molecule has 3 aromatic rings. The minimum atomic E-state index is -0.864. The van der Waals surface area contributed by atoms with Crippen molar-refractivity contribution in [2.45, 2.75) is 12.0 Å². The molecule has 5 rings (SSSR count). The second kappa shape index (κ2) is 8.63. The molecular formula is C25H24ClFN4O. The summed E-state index contributed by atoms with van der Waals surface area (Å²) in [6.45, 7) is 1.51. The van der Waals surface area contributed by atoms with E-state index in [1.807, 2.05) is 59.5 Å². The largest absolute Gasteiger partial charge is 0.497 e. The fourth-order valence-electron chi connectivity index (χ4n) is 4.42. The maximum absolute atomic E-state index is 14.7. The zero-order valence-electron chi connectivity index (χ0n) is 17.7. The van der Waals surface area contributed by atoms with Crippen molar-refractivity contribution in [1.29, 1.82) is 0 Å². The number of methoxy groups -OCH3 is 1. The number of nitrogens with zero attached hydrogens (tertiary/aromatic N) is 3. The monoisotopic (exact) mass is 450 g/mol. The Morgan fingerprint density at radius 1 is 1.00 bits per heavy atom. The van der Waals surface area contributed by atoms with Crippen LogP contribution in [0.25, 0.3) is 11.1 Å². The van der Waals surface area contributed by atoms with Gasteiger partial charge in [-0.3, -0.25) is 9.89 Å². The zero-order valence-corrected chi connectivity index (χ0v) is 18.5. The second-order valence-electron chi connectivity index (χ2n) is 7.68. The van der Waals surface area contributed by atoms with Gasteiger partial charge < -0.3 is 10.5 Å². The normalized spacial score (nSPS) is 19.5. The number of amidine groups is 1. The van der Waals surface area contributed by atoms with Crippen LogP contribution in [-0.2, 0) is 5.54 Å². The number of nitrogens with two attached hydrogens (primary N) is 1. The predicted octanol–water partition coefficient (Wildman–Crippen LogP) is 4.60. The van der Waals surface area contributed by atoms with Crippen LogP contribution in [0.15, 0.2) is 82.8 Å². The Morgan fingerprint density at radius 3 is 2.56 bits per heavy atom. The Kier molecular flexibility index (Phi) is 5.89. The van der Waals surface area contributed by atoms with Gasteiger partial charge in [0.05, 0.1) is 7.11 Å². The molecule has 0 spiro atoms. The van der Waals surface area contributed by atoms with Gasteiger partial charge in [0, 0.05) is 18.7 Å². The quantitative estimate of drug-likeness (QED) is 0.631. The Balaban J connectivity index is 0.00000245. The highest BCUT2D eigenvalue weighted by Gasteiger charge is 2.49. The van der Waals surface area contributed by atoms with Crippen molar-refractivity contribution in [3.8, 4) is 16.9 Å². The summed E-state index contributed by atoms with van der Waals surface area (Å²) in [4.78, 5) is 11.8. The molecule has 0 aromatic heterocycles. The van der Waals surface area contributed by atoms with Gasteiger partial charge in [0.1, 0.15) is 17.4 Å². The van der Waals surface area contributed by atoms with Gasteiger partial charge in [0.15, 0.2) is 11.5 Å². The Hall–Kier alpha value is -3.38. The first kappa shape index (κ1) is 21.8. The summed E-state index contributed by atoms with van der Waals surface area (Å²) in [5.74, 6) is 1.58. The number of fused-ring (bicyclic) bond motifs is 1. The van der Waals surface area contributed by atoms with E-state index in [4.69, 9.17) is 20.5 Å². The summed E-state index contributed by atoms with van der Waals surface area (Å²) in [5.41, 5.74) is 8.59. The maximum atomic E-state index is 14.7. The van der Waals surface area contributed by atoms with Gasteiger partial charge in [-0.05, 0) is 47.4 Å². The van der Waals surface area contributed by atoms with Gasteiger partial charge in [0.2, 0.25) is 0 Å². The molecule has 2 N–H and O–H groups in total. The lowest BCUT2D eigenvalue weighted by Gasteiger charge is -2.33. The van der Waals surface area contributed by atoms with E-state index in [0.717, 1.165) is 42.0 Å². The van der Waals surface area contributed by atoms with E-state index >= 15 is 0 Å². The molecule has 0 saturated carbocycles. The molecule has 5 nitrogen and oxygen atoms in total. The van der Waals surface area contributed by atoms with E-state index < -0.39 is 5.54 Å². The van der Waals surface area contributed by atoms with Gasteiger partial charge >= 0.3 is 0 Å². The first-order chi connectivity index (χ1) is 15.1. The number of guanidine groups is 1. The minimum absolute atomic E-state index is 0. The van der Waals surface area contributed by atoms with Crippen LogP contribution in [0.1, 0.15) is 17.5 Å². The third kappa shape index (κ3) is 3.41. The van der Waals surface area contributed by atoms with E-state index in [1.165, 1.54) is 6.07 Å². The Bertz CT molecular complexity index is 1200. The summed E-state index contributed by atoms with van der Waals surface area (Å²) >= 11 is 0. The van der Waals surface area contributed by atoms with Crippen molar-refractivity contribution in [2.75, 3.05) is 20.2 Å². The SMILES string of the molecule is COc1ccc(F)c(-c2cccc(C3(c4ccccc4)N=C(N)N4CCCN=C43)c2)c1.Cl. The smallest absolute Gasteiger partial charge is 0.198 e.